The van der Waals surface area contributed by atoms with E-state index >= 15 is 0 Å². The Labute approximate surface area is 125 Å². The highest BCUT2D eigenvalue weighted by molar-refractivity contribution is 7.12. The molecule has 0 radical (unpaired) electrons. The lowest BCUT2D eigenvalue weighted by molar-refractivity contribution is -0.103. The van der Waals surface area contributed by atoms with Crippen LogP contribution < -0.4 is 0 Å². The van der Waals surface area contributed by atoms with Gasteiger partial charge in [0.2, 0.25) is 0 Å². The summed E-state index contributed by atoms with van der Waals surface area (Å²) in [5.41, 5.74) is 1.02. The zero-order valence-electron chi connectivity index (χ0n) is 11.9. The summed E-state index contributed by atoms with van der Waals surface area (Å²) < 4.78 is 0. The van der Waals surface area contributed by atoms with E-state index in [4.69, 9.17) is 11.6 Å². The van der Waals surface area contributed by atoms with Crippen molar-refractivity contribution in [1.29, 1.82) is 0 Å². The summed E-state index contributed by atoms with van der Waals surface area (Å²) in [6.07, 6.45) is 8.59. The van der Waals surface area contributed by atoms with Crippen molar-refractivity contribution >= 4 is 22.9 Å². The third kappa shape index (κ3) is 1.92. The Hall–Kier alpha value is -0.0100. The van der Waals surface area contributed by atoms with E-state index < -0.39 is 0 Å². The quantitative estimate of drug-likeness (QED) is 0.592. The molecule has 2 heteroatoms. The second-order valence-electron chi connectivity index (χ2n) is 7.95. The van der Waals surface area contributed by atoms with Gasteiger partial charge in [-0.2, -0.15) is 0 Å². The zero-order chi connectivity index (χ0) is 13.3. The number of halogens is 1. The van der Waals surface area contributed by atoms with Crippen molar-refractivity contribution in [3.05, 3.63) is 21.9 Å². The van der Waals surface area contributed by atoms with Crippen LogP contribution in [0.15, 0.2) is 12.1 Å². The number of rotatable bonds is 2. The maximum absolute atomic E-state index is 7.01. The monoisotopic (exact) mass is 294 g/mol. The van der Waals surface area contributed by atoms with Crippen LogP contribution in [-0.4, -0.2) is 0 Å². The molecule has 5 rings (SSSR count). The van der Waals surface area contributed by atoms with Gasteiger partial charge in [0.25, 0.3) is 0 Å². The maximum atomic E-state index is 7.01. The van der Waals surface area contributed by atoms with Crippen LogP contribution >= 0.6 is 22.9 Å². The highest BCUT2D eigenvalue weighted by Gasteiger charge is 2.58. The predicted octanol–water partition coefficient (Wildman–Crippen LogP) is 5.94. The molecule has 3 atom stereocenters. The van der Waals surface area contributed by atoms with Crippen LogP contribution in [0.5, 0.6) is 0 Å². The van der Waals surface area contributed by atoms with Crippen LogP contribution in [0.4, 0.5) is 0 Å². The fraction of sp³-hybridized carbons (Fsp3) is 0.765. The van der Waals surface area contributed by atoms with Gasteiger partial charge < -0.3 is 0 Å². The van der Waals surface area contributed by atoms with E-state index in [1.165, 1.54) is 48.3 Å². The molecule has 1 aromatic rings. The van der Waals surface area contributed by atoms with Crippen LogP contribution in [0.25, 0.3) is 0 Å². The van der Waals surface area contributed by atoms with Crippen molar-refractivity contribution in [1.82, 2.24) is 0 Å². The van der Waals surface area contributed by atoms with Gasteiger partial charge in [-0.3, -0.25) is 0 Å². The highest BCUT2D eigenvalue weighted by atomic mass is 35.5. The normalized spacial score (nSPS) is 45.6. The smallest absolute Gasteiger partial charge is 0.0735 e. The van der Waals surface area contributed by atoms with Gasteiger partial charge in [0.05, 0.1) is 5.38 Å². The molecule has 0 aliphatic heterocycles. The van der Waals surface area contributed by atoms with Crippen molar-refractivity contribution in [3.8, 4) is 0 Å². The third-order valence-corrected chi connectivity index (χ3v) is 7.84. The molecule has 4 fully saturated rings. The molecule has 3 unspecified atom stereocenters. The fourth-order valence-electron chi connectivity index (χ4n) is 5.99. The molecule has 0 spiro atoms. The first-order chi connectivity index (χ1) is 8.98. The summed E-state index contributed by atoms with van der Waals surface area (Å²) in [6.45, 7) is 4.72. The Morgan fingerprint density at radius 1 is 1.21 bits per heavy atom. The molecule has 0 N–H and O–H groups in total. The lowest BCUT2D eigenvalue weighted by Crippen LogP contribution is -2.52. The van der Waals surface area contributed by atoms with Crippen molar-refractivity contribution in [2.45, 2.75) is 57.7 Å². The van der Waals surface area contributed by atoms with Crippen LogP contribution in [0.1, 0.15) is 60.6 Å². The standard InChI is InChI=1S/C17H23ClS/c1-11-3-4-14(19-11)15(18)17-8-12-5-13(9-17)7-16(2,6-12)10-17/h3-4,12-13,15H,5-10H2,1-2H3. The number of thiophene rings is 1. The Bertz CT molecular complexity index is 489. The molecule has 4 aliphatic carbocycles. The van der Waals surface area contributed by atoms with Gasteiger partial charge in [0.15, 0.2) is 0 Å². The molecule has 4 saturated carbocycles. The molecule has 4 bridgehead atoms. The SMILES string of the molecule is Cc1ccc(C(Cl)C23CC4CC(CC(C)(C4)C2)C3)s1. The first kappa shape index (κ1) is 12.7. The van der Waals surface area contributed by atoms with Crippen molar-refractivity contribution in [3.63, 3.8) is 0 Å². The summed E-state index contributed by atoms with van der Waals surface area (Å²) in [6, 6.07) is 4.51. The summed E-state index contributed by atoms with van der Waals surface area (Å²) >= 11 is 8.92. The molecule has 4 aliphatic rings. The third-order valence-electron chi connectivity index (χ3n) is 5.95. The summed E-state index contributed by atoms with van der Waals surface area (Å²) in [5, 5.41) is 0.261. The van der Waals surface area contributed by atoms with Crippen LogP contribution in [0.3, 0.4) is 0 Å². The Morgan fingerprint density at radius 2 is 1.89 bits per heavy atom. The average Bonchev–Trinajstić information content (AvgIpc) is 2.71. The van der Waals surface area contributed by atoms with E-state index in [9.17, 15) is 0 Å². The molecular formula is C17H23ClS. The lowest BCUT2D eigenvalue weighted by atomic mass is 9.44. The minimum absolute atomic E-state index is 0.261. The molecule has 1 aromatic heterocycles. The number of alkyl halides is 1. The number of aryl methyl sites for hydroxylation is 1. The zero-order valence-corrected chi connectivity index (χ0v) is 13.5. The van der Waals surface area contributed by atoms with Gasteiger partial charge in [0.1, 0.15) is 0 Å². The molecular weight excluding hydrogens is 272 g/mol. The lowest BCUT2D eigenvalue weighted by Gasteiger charge is -2.62. The molecule has 0 amide bonds. The summed E-state index contributed by atoms with van der Waals surface area (Å²) in [5.74, 6) is 1.93. The van der Waals surface area contributed by atoms with Crippen molar-refractivity contribution < 1.29 is 0 Å². The Balaban J connectivity index is 1.70. The van der Waals surface area contributed by atoms with Gasteiger partial charge >= 0.3 is 0 Å². The largest absolute Gasteiger partial charge is 0.144 e. The number of hydrogen-bond acceptors (Lipinski definition) is 1. The topological polar surface area (TPSA) is 0 Å². The highest BCUT2D eigenvalue weighted by Crippen LogP contribution is 2.69. The molecule has 0 saturated heterocycles. The Morgan fingerprint density at radius 3 is 2.42 bits per heavy atom. The first-order valence-corrected chi connectivity index (χ1v) is 8.94. The van der Waals surface area contributed by atoms with Crippen LogP contribution in [0, 0.1) is 29.6 Å². The van der Waals surface area contributed by atoms with Crippen molar-refractivity contribution in [2.75, 3.05) is 0 Å². The van der Waals surface area contributed by atoms with E-state index in [-0.39, 0.29) is 5.38 Å². The van der Waals surface area contributed by atoms with Crippen LogP contribution in [-0.2, 0) is 0 Å². The van der Waals surface area contributed by atoms with Crippen LogP contribution in [0.2, 0.25) is 0 Å². The van der Waals surface area contributed by atoms with E-state index in [2.05, 4.69) is 26.0 Å². The molecule has 0 aromatic carbocycles. The second kappa shape index (κ2) is 4.01. The number of hydrogen-bond donors (Lipinski definition) is 0. The van der Waals surface area contributed by atoms with E-state index in [1.54, 1.807) is 0 Å². The van der Waals surface area contributed by atoms with Crippen molar-refractivity contribution in [2.24, 2.45) is 22.7 Å². The predicted molar refractivity (Wildman–Crippen MR) is 82.9 cm³/mol. The minimum Gasteiger partial charge on any atom is -0.144 e. The first-order valence-electron chi connectivity index (χ1n) is 7.69. The second-order valence-corrected chi connectivity index (χ2v) is 9.70. The van der Waals surface area contributed by atoms with Gasteiger partial charge in [-0.15, -0.1) is 22.9 Å². The molecule has 104 valence electrons. The fourth-order valence-corrected chi connectivity index (χ4v) is 7.45. The van der Waals surface area contributed by atoms with Gasteiger partial charge in [-0.25, -0.2) is 0 Å². The average molecular weight is 295 g/mol. The van der Waals surface area contributed by atoms with Gasteiger partial charge in [0, 0.05) is 9.75 Å². The molecule has 0 nitrogen and oxygen atoms in total. The summed E-state index contributed by atoms with van der Waals surface area (Å²) in [4.78, 5) is 2.82. The van der Waals surface area contributed by atoms with Gasteiger partial charge in [-0.05, 0) is 80.2 Å². The van der Waals surface area contributed by atoms with E-state index in [0.29, 0.717) is 10.8 Å². The van der Waals surface area contributed by atoms with E-state index in [0.717, 1.165) is 11.8 Å². The minimum atomic E-state index is 0.261. The molecule has 1 heterocycles. The maximum Gasteiger partial charge on any atom is 0.0735 e. The van der Waals surface area contributed by atoms with E-state index in [1.807, 2.05) is 11.3 Å². The van der Waals surface area contributed by atoms with Gasteiger partial charge in [-0.1, -0.05) is 6.92 Å². The Kier molecular flexibility index (Phi) is 2.68. The molecule has 19 heavy (non-hydrogen) atoms. The summed E-state index contributed by atoms with van der Waals surface area (Å²) in [7, 11) is 0.